The molecule has 0 spiro atoms. The molecule has 0 aromatic heterocycles. The van der Waals surface area contributed by atoms with Crippen LogP contribution in [-0.4, -0.2) is 26.8 Å². The Kier molecular flexibility index (Phi) is 7.68. The van der Waals surface area contributed by atoms with Gasteiger partial charge in [0.25, 0.3) is 17.5 Å². The molecule has 196 valence electrons. The maximum atomic E-state index is 12.0. The average Bonchev–Trinajstić information content (AvgIpc) is 3.05. The molecule has 1 aliphatic heterocycles. The van der Waals surface area contributed by atoms with Crippen molar-refractivity contribution in [1.82, 2.24) is 0 Å². The fourth-order valence-corrected chi connectivity index (χ4v) is 3.80. The van der Waals surface area contributed by atoms with Gasteiger partial charge in [0.2, 0.25) is 5.75 Å². The van der Waals surface area contributed by atoms with E-state index in [1.54, 1.807) is 36.4 Å². The van der Waals surface area contributed by atoms with Gasteiger partial charge in [-0.25, -0.2) is 0 Å². The number of nitrogens with zero attached hydrogens (tertiary/aromatic N) is 2. The molecule has 12 nitrogen and oxygen atoms in total. The van der Waals surface area contributed by atoms with E-state index >= 15 is 0 Å². The topological polar surface area (TPSA) is 174 Å². The minimum atomic E-state index is -0.668. The van der Waals surface area contributed by atoms with E-state index in [4.69, 9.17) is 16.3 Å². The molecule has 4 aromatic carbocycles. The summed E-state index contributed by atoms with van der Waals surface area (Å²) in [7, 11) is 0. The van der Waals surface area contributed by atoms with Gasteiger partial charge in [0.1, 0.15) is 10.8 Å². The van der Waals surface area contributed by atoms with Crippen molar-refractivity contribution >= 4 is 46.2 Å². The molecule has 1 aliphatic rings. The first-order valence-corrected chi connectivity index (χ1v) is 11.4. The predicted molar refractivity (Wildman–Crippen MR) is 142 cm³/mol. The number of nitro groups is 2. The predicted octanol–water partition coefficient (Wildman–Crippen LogP) is 6.16. The van der Waals surface area contributed by atoms with E-state index in [0.29, 0.717) is 11.4 Å². The number of amides is 2. The highest BCUT2D eigenvalue weighted by molar-refractivity contribution is 6.36. The average molecular weight is 549 g/mol. The Labute approximate surface area is 224 Å². The monoisotopic (exact) mass is 548 g/mol. The number of fused-ring (bicyclic) bond motifs is 2. The van der Waals surface area contributed by atoms with Gasteiger partial charge in [-0.2, -0.15) is 0 Å². The summed E-state index contributed by atoms with van der Waals surface area (Å²) in [4.78, 5) is 44.6. The lowest BCUT2D eigenvalue weighted by molar-refractivity contribution is -0.385. The summed E-state index contributed by atoms with van der Waals surface area (Å²) in [5.41, 5.74) is 0.202. The summed E-state index contributed by atoms with van der Waals surface area (Å²) in [6, 6.07) is 21.1. The smallest absolute Gasteiger partial charge is 0.312 e. The Bertz CT molecular complexity index is 1630. The van der Waals surface area contributed by atoms with Crippen LogP contribution in [0.3, 0.4) is 0 Å². The first-order chi connectivity index (χ1) is 18.7. The number of anilines is 2. The number of nitrogens with one attached hydrogen (secondary N) is 2. The molecule has 0 unspecified atom stereocenters. The second-order valence-electron chi connectivity index (χ2n) is 7.83. The maximum absolute atomic E-state index is 12.0. The van der Waals surface area contributed by atoms with Gasteiger partial charge in [0, 0.05) is 12.1 Å². The van der Waals surface area contributed by atoms with E-state index in [-0.39, 0.29) is 44.7 Å². The fourth-order valence-electron chi connectivity index (χ4n) is 3.52. The molecule has 39 heavy (non-hydrogen) atoms. The Morgan fingerprint density at radius 3 is 2.23 bits per heavy atom. The molecule has 0 radical (unpaired) electrons. The summed E-state index contributed by atoms with van der Waals surface area (Å²) in [6.45, 7) is 0. The third-order valence-electron chi connectivity index (χ3n) is 5.35. The molecule has 5 rings (SSSR count). The number of ether oxygens (including phenoxy) is 1. The number of hydrogen-bond acceptors (Lipinski definition) is 8. The van der Waals surface area contributed by atoms with Gasteiger partial charge in [-0.15, -0.1) is 0 Å². The summed E-state index contributed by atoms with van der Waals surface area (Å²) in [5.74, 6) is -0.829. The molecule has 4 aromatic rings. The highest BCUT2D eigenvalue weighted by Crippen LogP contribution is 2.40. The van der Waals surface area contributed by atoms with Crippen molar-refractivity contribution < 1.29 is 29.3 Å². The normalized spacial score (nSPS) is 11.3. The molecule has 0 saturated carbocycles. The standard InChI is InChI=1S/C13H9ClN2O4.C13H8N2O4/c14-12-8(4-3-6-10(12)16(19)20)13(18)15-9-5-1-2-7-11(9)17;16-13-8-4-3-6-10(15(17)18)12(8)19-11-7-2-1-5-9(11)14-13/h1-7,17H,(H,15,18);1-7H,(H,14,16). The summed E-state index contributed by atoms with van der Waals surface area (Å²) in [5, 5.41) is 36.2. The molecule has 2 amide bonds. The molecule has 0 saturated heterocycles. The Morgan fingerprint density at radius 2 is 1.51 bits per heavy atom. The van der Waals surface area contributed by atoms with Crippen molar-refractivity contribution in [2.45, 2.75) is 0 Å². The molecule has 0 aliphatic carbocycles. The van der Waals surface area contributed by atoms with Crippen LogP contribution >= 0.6 is 11.6 Å². The molecule has 0 bridgehead atoms. The minimum absolute atomic E-state index is 0.0325. The number of phenolic OH excluding ortho intramolecular Hbond substituents is 1. The van der Waals surface area contributed by atoms with E-state index in [1.807, 2.05) is 0 Å². The summed E-state index contributed by atoms with van der Waals surface area (Å²) in [6.07, 6.45) is 0. The van der Waals surface area contributed by atoms with Crippen molar-refractivity contribution in [2.24, 2.45) is 0 Å². The Morgan fingerprint density at radius 1 is 0.872 bits per heavy atom. The van der Waals surface area contributed by atoms with Crippen LogP contribution in [0.2, 0.25) is 5.02 Å². The number of phenols is 1. The SMILES string of the molecule is O=C(Nc1ccccc1O)c1cccc([N+](=O)[O-])c1Cl.O=C1Nc2ccccc2Oc2c1cccc2[N+](=O)[O-]. The third kappa shape index (κ3) is 5.76. The fraction of sp³-hybridized carbons (Fsp3) is 0. The minimum Gasteiger partial charge on any atom is -0.506 e. The molecule has 0 atom stereocenters. The molecule has 3 N–H and O–H groups in total. The van der Waals surface area contributed by atoms with Gasteiger partial charge in [0.05, 0.1) is 32.3 Å². The Hall–Kier alpha value is -5.49. The second-order valence-corrected chi connectivity index (χ2v) is 8.21. The van der Waals surface area contributed by atoms with E-state index < -0.39 is 21.7 Å². The lowest BCUT2D eigenvalue weighted by atomic mass is 10.1. The number of aromatic hydroxyl groups is 1. The maximum Gasteiger partial charge on any atom is 0.312 e. The van der Waals surface area contributed by atoms with Crippen LogP contribution in [-0.2, 0) is 0 Å². The van der Waals surface area contributed by atoms with Gasteiger partial charge in [-0.05, 0) is 36.4 Å². The van der Waals surface area contributed by atoms with Crippen LogP contribution in [0.5, 0.6) is 17.2 Å². The lowest BCUT2D eigenvalue weighted by Gasteiger charge is -2.08. The number of hydrogen-bond donors (Lipinski definition) is 3. The van der Waals surface area contributed by atoms with Crippen LogP contribution in [0.25, 0.3) is 0 Å². The Balaban J connectivity index is 0.000000181. The number of rotatable bonds is 4. The van der Waals surface area contributed by atoms with Gasteiger partial charge in [-0.1, -0.05) is 48.0 Å². The molecule has 1 heterocycles. The zero-order valence-corrected chi connectivity index (χ0v) is 20.4. The second kappa shape index (κ2) is 11.3. The van der Waals surface area contributed by atoms with Crippen LogP contribution < -0.4 is 15.4 Å². The summed E-state index contributed by atoms with van der Waals surface area (Å²) < 4.78 is 5.54. The molecular formula is C26H17ClN4O8. The van der Waals surface area contributed by atoms with Crippen molar-refractivity contribution in [3.05, 3.63) is 121 Å². The van der Waals surface area contributed by atoms with E-state index in [2.05, 4.69) is 10.6 Å². The molecule has 13 heteroatoms. The van der Waals surface area contributed by atoms with Crippen LogP contribution in [0.4, 0.5) is 22.7 Å². The van der Waals surface area contributed by atoms with E-state index in [9.17, 15) is 34.9 Å². The zero-order chi connectivity index (χ0) is 28.1. The molecular weight excluding hydrogens is 532 g/mol. The highest BCUT2D eigenvalue weighted by atomic mass is 35.5. The van der Waals surface area contributed by atoms with Gasteiger partial charge in [-0.3, -0.25) is 29.8 Å². The van der Waals surface area contributed by atoms with E-state index in [1.165, 1.54) is 48.5 Å². The number of nitro benzene ring substituents is 2. The molecule has 0 fully saturated rings. The lowest BCUT2D eigenvalue weighted by Crippen LogP contribution is -2.13. The zero-order valence-electron chi connectivity index (χ0n) is 19.7. The van der Waals surface area contributed by atoms with Crippen LogP contribution in [0.15, 0.2) is 84.9 Å². The van der Waals surface area contributed by atoms with Gasteiger partial charge in [0.15, 0.2) is 5.75 Å². The van der Waals surface area contributed by atoms with E-state index in [0.717, 1.165) is 0 Å². The number of halogens is 1. The number of carbonyl (C=O) groups is 2. The highest BCUT2D eigenvalue weighted by Gasteiger charge is 2.27. The van der Waals surface area contributed by atoms with Crippen molar-refractivity contribution in [3.8, 4) is 17.2 Å². The number of para-hydroxylation sites is 5. The van der Waals surface area contributed by atoms with Crippen molar-refractivity contribution in [1.29, 1.82) is 0 Å². The largest absolute Gasteiger partial charge is 0.506 e. The third-order valence-corrected chi connectivity index (χ3v) is 5.75. The van der Waals surface area contributed by atoms with Crippen molar-refractivity contribution in [2.75, 3.05) is 10.6 Å². The number of benzene rings is 4. The quantitative estimate of drug-likeness (QED) is 0.154. The first kappa shape index (κ1) is 26.6. The summed E-state index contributed by atoms with van der Waals surface area (Å²) >= 11 is 5.84. The van der Waals surface area contributed by atoms with Gasteiger partial charge < -0.3 is 20.5 Å². The van der Waals surface area contributed by atoms with Crippen LogP contribution in [0.1, 0.15) is 20.7 Å². The van der Waals surface area contributed by atoms with Crippen LogP contribution in [0, 0.1) is 20.2 Å². The van der Waals surface area contributed by atoms with Crippen molar-refractivity contribution in [3.63, 3.8) is 0 Å². The van der Waals surface area contributed by atoms with Gasteiger partial charge >= 0.3 is 5.69 Å². The first-order valence-electron chi connectivity index (χ1n) is 11.0. The number of carbonyl (C=O) groups excluding carboxylic acids is 2.